The Hall–Kier alpha value is -1.07. The van der Waals surface area contributed by atoms with E-state index in [-0.39, 0.29) is 17.2 Å². The van der Waals surface area contributed by atoms with Crippen molar-refractivity contribution in [2.45, 2.75) is 36.0 Å². The number of benzene rings is 1. The Morgan fingerprint density at radius 2 is 2.33 bits per heavy atom. The summed E-state index contributed by atoms with van der Waals surface area (Å²) in [5.74, 6) is 0.0694. The summed E-state index contributed by atoms with van der Waals surface area (Å²) >= 11 is 6.47. The van der Waals surface area contributed by atoms with Gasteiger partial charge in [-0.15, -0.1) is 11.8 Å². The lowest BCUT2D eigenvalue weighted by atomic mass is 10.1. The number of nitrogens with two attached hydrogens (primary N) is 1. The second-order valence-electron chi connectivity index (χ2n) is 4.50. The largest absolute Gasteiger partial charge is 0.393 e. The molecule has 0 saturated carbocycles. The fraction of sp³-hybridized carbons (Fsp3) is 0.385. The van der Waals surface area contributed by atoms with E-state index in [4.69, 9.17) is 18.0 Å². The molecule has 2 atom stereocenters. The molecule has 1 amide bonds. The fourth-order valence-corrected chi connectivity index (χ4v) is 3.47. The van der Waals surface area contributed by atoms with Crippen molar-refractivity contribution < 1.29 is 4.79 Å². The third-order valence-electron chi connectivity index (χ3n) is 2.84. The maximum atomic E-state index is 12.1. The van der Waals surface area contributed by atoms with Gasteiger partial charge in [0.15, 0.2) is 0 Å². The van der Waals surface area contributed by atoms with E-state index in [2.05, 4.69) is 17.4 Å². The van der Waals surface area contributed by atoms with Gasteiger partial charge in [-0.2, -0.15) is 0 Å². The molecule has 1 aliphatic heterocycles. The molecule has 1 aromatic rings. The summed E-state index contributed by atoms with van der Waals surface area (Å²) in [7, 11) is 0. The smallest absolute Gasteiger partial charge is 0.234 e. The predicted molar refractivity (Wildman–Crippen MR) is 78.8 cm³/mol. The number of nitrogens with one attached hydrogen (secondary N) is 1. The third-order valence-corrected chi connectivity index (χ3v) is 4.32. The minimum Gasteiger partial charge on any atom is -0.393 e. The number of carbonyl (C=O) groups excluding carboxylic acids is 1. The lowest BCUT2D eigenvalue weighted by molar-refractivity contribution is -0.121. The number of fused-ring (bicyclic) bond motifs is 1. The minimum absolute atomic E-state index is 0.000637. The number of thioether (sulfide) groups is 1. The van der Waals surface area contributed by atoms with Crippen LogP contribution in [0.1, 0.15) is 18.9 Å². The number of amides is 1. The Morgan fingerprint density at radius 1 is 1.61 bits per heavy atom. The second-order valence-corrected chi connectivity index (χ2v) is 6.27. The van der Waals surface area contributed by atoms with Gasteiger partial charge in [-0.05, 0) is 25.0 Å². The average Bonchev–Trinajstić information content (AvgIpc) is 2.71. The minimum atomic E-state index is -0.0313. The molecule has 0 saturated heterocycles. The number of hydrogen-bond acceptors (Lipinski definition) is 3. The van der Waals surface area contributed by atoms with Gasteiger partial charge in [0, 0.05) is 17.4 Å². The molecule has 0 aromatic heterocycles. The Morgan fingerprint density at radius 3 is 3.00 bits per heavy atom. The molecule has 0 aliphatic carbocycles. The molecule has 0 fully saturated rings. The average molecular weight is 280 g/mol. The van der Waals surface area contributed by atoms with Crippen LogP contribution in [0, 0.1) is 0 Å². The topological polar surface area (TPSA) is 55.1 Å². The van der Waals surface area contributed by atoms with Crippen molar-refractivity contribution in [2.75, 3.05) is 0 Å². The standard InChI is InChI=1S/C13H16N2OS2/c1-8(6-12(14)17)15-13(16)11-7-9-4-2-3-5-10(9)18-11/h2-5,8,11H,6-7H2,1H3,(H2,14,17)(H,15,16). The van der Waals surface area contributed by atoms with E-state index in [9.17, 15) is 4.79 Å². The van der Waals surface area contributed by atoms with Crippen LogP contribution in [0.15, 0.2) is 29.2 Å². The van der Waals surface area contributed by atoms with Gasteiger partial charge in [0.1, 0.15) is 0 Å². The van der Waals surface area contributed by atoms with E-state index < -0.39 is 0 Å². The Kier molecular flexibility index (Phi) is 4.24. The van der Waals surface area contributed by atoms with Gasteiger partial charge in [-0.25, -0.2) is 0 Å². The number of thiocarbonyl (C=S) groups is 1. The SMILES string of the molecule is CC(CC(N)=S)NC(=O)C1Cc2ccccc2S1. The van der Waals surface area contributed by atoms with Crippen molar-refractivity contribution in [3.63, 3.8) is 0 Å². The van der Waals surface area contributed by atoms with E-state index >= 15 is 0 Å². The van der Waals surface area contributed by atoms with Crippen LogP contribution in [0.4, 0.5) is 0 Å². The van der Waals surface area contributed by atoms with Crippen molar-refractivity contribution in [1.82, 2.24) is 5.32 Å². The zero-order chi connectivity index (χ0) is 13.1. The van der Waals surface area contributed by atoms with Crippen molar-refractivity contribution >= 4 is 34.9 Å². The van der Waals surface area contributed by atoms with Crippen LogP contribution < -0.4 is 11.1 Å². The number of rotatable bonds is 4. The highest BCUT2D eigenvalue weighted by atomic mass is 32.2. The van der Waals surface area contributed by atoms with Crippen molar-refractivity contribution in [1.29, 1.82) is 0 Å². The highest BCUT2D eigenvalue weighted by Crippen LogP contribution is 2.36. The van der Waals surface area contributed by atoms with Crippen LogP contribution in [-0.2, 0) is 11.2 Å². The van der Waals surface area contributed by atoms with Gasteiger partial charge in [0.05, 0.1) is 10.2 Å². The summed E-state index contributed by atoms with van der Waals surface area (Å²) < 4.78 is 0. The molecule has 2 rings (SSSR count). The first-order valence-electron chi connectivity index (χ1n) is 5.89. The molecule has 0 bridgehead atoms. The van der Waals surface area contributed by atoms with Crippen molar-refractivity contribution in [3.05, 3.63) is 29.8 Å². The van der Waals surface area contributed by atoms with E-state index in [0.29, 0.717) is 11.4 Å². The van der Waals surface area contributed by atoms with Crippen molar-refractivity contribution in [2.24, 2.45) is 5.73 Å². The van der Waals surface area contributed by atoms with E-state index in [0.717, 1.165) is 6.42 Å². The van der Waals surface area contributed by atoms with Gasteiger partial charge in [-0.3, -0.25) is 4.79 Å². The number of hydrogen-bond donors (Lipinski definition) is 2. The van der Waals surface area contributed by atoms with Gasteiger partial charge < -0.3 is 11.1 Å². The first-order valence-corrected chi connectivity index (χ1v) is 7.18. The molecular formula is C13H16N2OS2. The summed E-state index contributed by atoms with van der Waals surface area (Å²) in [5, 5.41) is 2.93. The first-order chi connectivity index (χ1) is 8.56. The monoisotopic (exact) mass is 280 g/mol. The normalized spacial score (nSPS) is 19.1. The quantitative estimate of drug-likeness (QED) is 0.827. The fourth-order valence-electron chi connectivity index (χ4n) is 2.02. The molecule has 3 nitrogen and oxygen atoms in total. The first kappa shape index (κ1) is 13.4. The van der Waals surface area contributed by atoms with E-state index in [1.165, 1.54) is 10.5 Å². The highest BCUT2D eigenvalue weighted by Gasteiger charge is 2.28. The summed E-state index contributed by atoms with van der Waals surface area (Å²) in [6.07, 6.45) is 1.35. The number of carbonyl (C=O) groups is 1. The summed E-state index contributed by atoms with van der Waals surface area (Å²) in [6.45, 7) is 1.92. The lowest BCUT2D eigenvalue weighted by Crippen LogP contribution is -2.40. The molecule has 1 heterocycles. The van der Waals surface area contributed by atoms with Crippen LogP contribution >= 0.6 is 24.0 Å². The summed E-state index contributed by atoms with van der Waals surface area (Å²) in [6, 6.07) is 8.15. The predicted octanol–water partition coefficient (Wildman–Crippen LogP) is 1.88. The molecule has 1 aromatic carbocycles. The maximum absolute atomic E-state index is 12.1. The van der Waals surface area contributed by atoms with Crippen LogP contribution in [0.3, 0.4) is 0 Å². The molecule has 1 aliphatic rings. The van der Waals surface area contributed by atoms with Crippen LogP contribution in [-0.4, -0.2) is 22.2 Å². The van der Waals surface area contributed by atoms with E-state index in [1.54, 1.807) is 11.8 Å². The molecule has 0 spiro atoms. The summed E-state index contributed by atoms with van der Waals surface area (Å²) in [5.41, 5.74) is 6.72. The van der Waals surface area contributed by atoms with Crippen LogP contribution in [0.2, 0.25) is 0 Å². The van der Waals surface area contributed by atoms with Crippen LogP contribution in [0.5, 0.6) is 0 Å². The molecule has 3 N–H and O–H groups in total. The van der Waals surface area contributed by atoms with Gasteiger partial charge in [0.25, 0.3) is 0 Å². The van der Waals surface area contributed by atoms with Gasteiger partial charge >= 0.3 is 0 Å². The molecule has 2 unspecified atom stereocenters. The Balaban J connectivity index is 1.91. The Bertz CT molecular complexity index is 451. The molecule has 0 radical (unpaired) electrons. The third kappa shape index (κ3) is 3.23. The Labute approximate surface area is 117 Å². The van der Waals surface area contributed by atoms with E-state index in [1.807, 2.05) is 19.1 Å². The zero-order valence-electron chi connectivity index (χ0n) is 10.2. The highest BCUT2D eigenvalue weighted by molar-refractivity contribution is 8.01. The molecular weight excluding hydrogens is 264 g/mol. The zero-order valence-corrected chi connectivity index (χ0v) is 11.8. The molecule has 18 heavy (non-hydrogen) atoms. The van der Waals surface area contributed by atoms with Gasteiger partial charge in [-0.1, -0.05) is 30.4 Å². The lowest BCUT2D eigenvalue weighted by Gasteiger charge is -2.15. The maximum Gasteiger partial charge on any atom is 0.234 e. The second kappa shape index (κ2) is 5.71. The van der Waals surface area contributed by atoms with Crippen molar-refractivity contribution in [3.8, 4) is 0 Å². The molecule has 5 heteroatoms. The van der Waals surface area contributed by atoms with Crippen LogP contribution in [0.25, 0.3) is 0 Å². The summed E-state index contributed by atoms with van der Waals surface area (Å²) in [4.78, 5) is 13.7. The van der Waals surface area contributed by atoms with Gasteiger partial charge in [0.2, 0.25) is 5.91 Å². The molecule has 96 valence electrons.